The van der Waals surface area contributed by atoms with Crippen LogP contribution in [0.1, 0.15) is 26.2 Å². The van der Waals surface area contributed by atoms with Gasteiger partial charge in [0.15, 0.2) is 0 Å². The molecular formula is C19H30N4O3S. The molecule has 0 bridgehead atoms. The minimum absolute atomic E-state index is 0.0611. The minimum atomic E-state index is -3.55. The normalized spacial score (nSPS) is 24.8. The van der Waals surface area contributed by atoms with E-state index in [0.29, 0.717) is 25.3 Å². The number of carbonyl (C=O) groups is 1. The number of sulfonamides is 1. The lowest BCUT2D eigenvalue weighted by atomic mass is 9.95. The van der Waals surface area contributed by atoms with E-state index in [1.165, 1.54) is 4.31 Å². The Kier molecular flexibility index (Phi) is 6.52. The molecule has 1 saturated carbocycles. The fourth-order valence-electron chi connectivity index (χ4n) is 4.07. The summed E-state index contributed by atoms with van der Waals surface area (Å²) in [4.78, 5) is 15.0. The molecule has 3 rings (SSSR count). The lowest BCUT2D eigenvalue weighted by Gasteiger charge is -2.33. The minimum Gasteiger partial charge on any atom is -0.330 e. The van der Waals surface area contributed by atoms with Crippen LogP contribution in [0.5, 0.6) is 0 Å². The Morgan fingerprint density at radius 1 is 1.22 bits per heavy atom. The zero-order valence-corrected chi connectivity index (χ0v) is 16.7. The van der Waals surface area contributed by atoms with Crippen LogP contribution >= 0.6 is 0 Å². The third-order valence-electron chi connectivity index (χ3n) is 5.82. The van der Waals surface area contributed by atoms with Gasteiger partial charge in [-0.15, -0.1) is 0 Å². The van der Waals surface area contributed by atoms with Gasteiger partial charge in [-0.05, 0) is 50.0 Å². The molecule has 0 spiro atoms. The van der Waals surface area contributed by atoms with Crippen molar-refractivity contribution >= 4 is 21.6 Å². The largest absolute Gasteiger partial charge is 0.330 e. The van der Waals surface area contributed by atoms with E-state index in [4.69, 9.17) is 5.73 Å². The monoisotopic (exact) mass is 394 g/mol. The highest BCUT2D eigenvalue weighted by Gasteiger charge is 2.32. The van der Waals surface area contributed by atoms with E-state index < -0.39 is 10.0 Å². The van der Waals surface area contributed by atoms with Gasteiger partial charge in [0.05, 0.1) is 4.90 Å². The van der Waals surface area contributed by atoms with Gasteiger partial charge in [-0.25, -0.2) is 8.42 Å². The predicted octanol–water partition coefficient (Wildman–Crippen LogP) is 1.33. The maximum atomic E-state index is 13.0. The highest BCUT2D eigenvalue weighted by Crippen LogP contribution is 2.32. The smallest absolute Gasteiger partial charge is 0.243 e. The second-order valence-electron chi connectivity index (χ2n) is 7.39. The fourth-order valence-corrected chi connectivity index (χ4v) is 5.54. The summed E-state index contributed by atoms with van der Waals surface area (Å²) < 4.78 is 27.4. The number of hydrogen-bond acceptors (Lipinski definition) is 5. The molecule has 3 N–H and O–H groups in total. The maximum Gasteiger partial charge on any atom is 0.243 e. The van der Waals surface area contributed by atoms with Crippen molar-refractivity contribution in [1.29, 1.82) is 0 Å². The van der Waals surface area contributed by atoms with Crippen molar-refractivity contribution in [1.82, 2.24) is 9.21 Å². The molecule has 1 amide bonds. The van der Waals surface area contributed by atoms with Crippen molar-refractivity contribution in [3.8, 4) is 0 Å². The SMILES string of the molecule is CCN1CCN(S(=O)(=O)c2cccc(NC(=O)[C@@H]3CCC[C@@H]3CN)c2)CC1. The molecule has 2 atom stereocenters. The van der Waals surface area contributed by atoms with Crippen molar-refractivity contribution in [2.24, 2.45) is 17.6 Å². The number of anilines is 1. The van der Waals surface area contributed by atoms with Gasteiger partial charge in [0, 0.05) is 37.8 Å². The van der Waals surface area contributed by atoms with Gasteiger partial charge >= 0.3 is 0 Å². The molecule has 2 aliphatic rings. The van der Waals surface area contributed by atoms with Gasteiger partial charge in [0.2, 0.25) is 15.9 Å². The highest BCUT2D eigenvalue weighted by molar-refractivity contribution is 7.89. The van der Waals surface area contributed by atoms with E-state index >= 15 is 0 Å². The Balaban J connectivity index is 1.70. The second-order valence-corrected chi connectivity index (χ2v) is 9.33. The van der Waals surface area contributed by atoms with Gasteiger partial charge in [-0.1, -0.05) is 19.4 Å². The van der Waals surface area contributed by atoms with E-state index in [1.807, 2.05) is 0 Å². The molecule has 1 aromatic rings. The molecular weight excluding hydrogens is 364 g/mol. The van der Waals surface area contributed by atoms with Gasteiger partial charge < -0.3 is 16.0 Å². The number of benzene rings is 1. The number of likely N-dealkylation sites (N-methyl/N-ethyl adjacent to an activating group) is 1. The summed E-state index contributed by atoms with van der Waals surface area (Å²) in [5.41, 5.74) is 6.29. The maximum absolute atomic E-state index is 13.0. The van der Waals surface area contributed by atoms with Crippen LogP contribution in [0.15, 0.2) is 29.2 Å². The number of amides is 1. The first kappa shape index (κ1) is 20.3. The first-order chi connectivity index (χ1) is 13.0. The van der Waals surface area contributed by atoms with Crippen LogP contribution < -0.4 is 11.1 Å². The average Bonchev–Trinajstić information content (AvgIpc) is 3.17. The Morgan fingerprint density at radius 3 is 2.63 bits per heavy atom. The van der Waals surface area contributed by atoms with Gasteiger partial charge in [-0.2, -0.15) is 4.31 Å². The molecule has 1 aromatic carbocycles. The Labute approximate surface area is 161 Å². The number of nitrogens with one attached hydrogen (secondary N) is 1. The lowest BCUT2D eigenvalue weighted by molar-refractivity contribution is -0.120. The second kappa shape index (κ2) is 8.68. The van der Waals surface area contributed by atoms with E-state index in [-0.39, 0.29) is 22.6 Å². The first-order valence-electron chi connectivity index (χ1n) is 9.79. The van der Waals surface area contributed by atoms with Gasteiger partial charge in [0.25, 0.3) is 0 Å². The summed E-state index contributed by atoms with van der Waals surface area (Å²) in [6.07, 6.45) is 2.83. The number of piperazine rings is 1. The fraction of sp³-hybridized carbons (Fsp3) is 0.632. The van der Waals surface area contributed by atoms with Gasteiger partial charge in [-0.3, -0.25) is 4.79 Å². The molecule has 8 heteroatoms. The van der Waals surface area contributed by atoms with E-state index in [1.54, 1.807) is 24.3 Å². The van der Waals surface area contributed by atoms with E-state index in [9.17, 15) is 13.2 Å². The van der Waals surface area contributed by atoms with E-state index in [0.717, 1.165) is 38.9 Å². The van der Waals surface area contributed by atoms with Crippen LogP contribution in [0.25, 0.3) is 0 Å². The molecule has 1 saturated heterocycles. The highest BCUT2D eigenvalue weighted by atomic mass is 32.2. The lowest BCUT2D eigenvalue weighted by Crippen LogP contribution is -2.48. The quantitative estimate of drug-likeness (QED) is 0.759. The van der Waals surface area contributed by atoms with Crippen LogP contribution in [-0.4, -0.2) is 62.8 Å². The third kappa shape index (κ3) is 4.51. The summed E-state index contributed by atoms with van der Waals surface area (Å²) in [5.74, 6) is 0.0678. The third-order valence-corrected chi connectivity index (χ3v) is 7.71. The summed E-state index contributed by atoms with van der Waals surface area (Å²) in [6, 6.07) is 6.57. The van der Waals surface area contributed by atoms with Crippen molar-refractivity contribution < 1.29 is 13.2 Å². The predicted molar refractivity (Wildman–Crippen MR) is 106 cm³/mol. The summed E-state index contributed by atoms with van der Waals surface area (Å²) in [5, 5.41) is 2.89. The summed E-state index contributed by atoms with van der Waals surface area (Å²) in [7, 11) is -3.55. The number of carbonyl (C=O) groups excluding carboxylic acids is 1. The van der Waals surface area contributed by atoms with E-state index in [2.05, 4.69) is 17.1 Å². The zero-order valence-electron chi connectivity index (χ0n) is 15.9. The number of nitrogens with zero attached hydrogens (tertiary/aromatic N) is 2. The molecule has 0 unspecified atom stereocenters. The van der Waals surface area contributed by atoms with Crippen molar-refractivity contribution in [3.05, 3.63) is 24.3 Å². The summed E-state index contributed by atoms with van der Waals surface area (Å²) in [6.45, 7) is 6.00. The Morgan fingerprint density at radius 2 is 1.96 bits per heavy atom. The Bertz CT molecular complexity index is 760. The van der Waals surface area contributed by atoms with Crippen LogP contribution in [0, 0.1) is 11.8 Å². The standard InChI is InChI=1S/C19H30N4O3S/c1-2-22-9-11-23(12-10-22)27(25,26)17-7-4-6-16(13-17)21-19(24)18-8-3-5-15(18)14-20/h4,6-7,13,15,18H,2-3,5,8-12,14,20H2,1H3,(H,21,24)/t15-,18-/m1/s1. The van der Waals surface area contributed by atoms with Crippen LogP contribution in [0.4, 0.5) is 5.69 Å². The Hall–Kier alpha value is -1.48. The first-order valence-corrected chi connectivity index (χ1v) is 11.2. The molecule has 7 nitrogen and oxygen atoms in total. The molecule has 1 aliphatic carbocycles. The molecule has 1 aliphatic heterocycles. The number of hydrogen-bond donors (Lipinski definition) is 2. The van der Waals surface area contributed by atoms with Crippen molar-refractivity contribution in [3.63, 3.8) is 0 Å². The number of rotatable bonds is 6. The molecule has 0 radical (unpaired) electrons. The molecule has 1 heterocycles. The summed E-state index contributed by atoms with van der Waals surface area (Å²) >= 11 is 0. The van der Waals surface area contributed by atoms with Crippen LogP contribution in [-0.2, 0) is 14.8 Å². The molecule has 2 fully saturated rings. The van der Waals surface area contributed by atoms with Gasteiger partial charge in [0.1, 0.15) is 0 Å². The van der Waals surface area contributed by atoms with Crippen molar-refractivity contribution in [2.45, 2.75) is 31.1 Å². The molecule has 27 heavy (non-hydrogen) atoms. The molecule has 0 aromatic heterocycles. The van der Waals surface area contributed by atoms with Crippen LogP contribution in [0.2, 0.25) is 0 Å². The molecule has 150 valence electrons. The number of nitrogens with two attached hydrogens (primary N) is 1. The average molecular weight is 395 g/mol. The van der Waals surface area contributed by atoms with Crippen LogP contribution in [0.3, 0.4) is 0 Å². The topological polar surface area (TPSA) is 95.7 Å². The zero-order chi connectivity index (χ0) is 19.4. The van der Waals surface area contributed by atoms with Crippen molar-refractivity contribution in [2.75, 3.05) is 44.6 Å².